The molecule has 2 unspecified atom stereocenters. The smallest absolute Gasteiger partial charge is 0.328 e. The first-order valence-corrected chi connectivity index (χ1v) is 5.68. The number of rotatable bonds is 2. The Morgan fingerprint density at radius 1 is 1.50 bits per heavy atom. The van der Waals surface area contributed by atoms with Crippen LogP contribution in [-0.2, 0) is 9.53 Å². The number of hydrogen-bond acceptors (Lipinski definition) is 6. The molecular weight excluding hydrogens is 244 g/mol. The van der Waals surface area contributed by atoms with E-state index >= 15 is 0 Å². The van der Waals surface area contributed by atoms with Crippen LogP contribution in [0, 0.1) is 0 Å². The highest BCUT2D eigenvalue weighted by molar-refractivity contribution is 6.01. The van der Waals surface area contributed by atoms with Gasteiger partial charge < -0.3 is 20.1 Å². The predicted molar refractivity (Wildman–Crippen MR) is 57.0 cm³/mol. The van der Waals surface area contributed by atoms with Gasteiger partial charge in [0.2, 0.25) is 0 Å². The molecule has 2 heterocycles. The Morgan fingerprint density at radius 3 is 2.72 bits per heavy atom. The second-order valence-corrected chi connectivity index (χ2v) is 4.66. The minimum Gasteiger partial charge on any atom is -0.394 e. The third-order valence-corrected chi connectivity index (χ3v) is 3.28. The summed E-state index contributed by atoms with van der Waals surface area (Å²) in [6.45, 7) is 0.933. The molecule has 2 saturated heterocycles. The zero-order chi connectivity index (χ0) is 13.5. The van der Waals surface area contributed by atoms with Gasteiger partial charge in [-0.1, -0.05) is 0 Å². The standard InChI is InChI=1S/C10H16N2O6/c1-10(17)7(14)11-9(16)12(8(10)15)6-3-2-5(4-13)18-6/h5-6,8,13,15,17H,2-4H2,1H3,(H,11,14,16)/t5-,6+,8?,10?/m0/s1. The van der Waals surface area contributed by atoms with Crippen molar-refractivity contribution >= 4 is 11.9 Å². The van der Waals surface area contributed by atoms with Crippen molar-refractivity contribution in [2.45, 2.75) is 43.9 Å². The second-order valence-electron chi connectivity index (χ2n) is 4.66. The van der Waals surface area contributed by atoms with Gasteiger partial charge in [-0.05, 0) is 19.8 Å². The molecule has 2 aliphatic rings. The summed E-state index contributed by atoms with van der Waals surface area (Å²) in [5, 5.41) is 30.6. The van der Waals surface area contributed by atoms with Crippen LogP contribution < -0.4 is 5.32 Å². The largest absolute Gasteiger partial charge is 0.394 e. The number of carbonyl (C=O) groups excluding carboxylic acids is 2. The summed E-state index contributed by atoms with van der Waals surface area (Å²) in [5.41, 5.74) is -2.09. The van der Waals surface area contributed by atoms with Crippen molar-refractivity contribution in [3.63, 3.8) is 0 Å². The first-order valence-electron chi connectivity index (χ1n) is 5.68. The lowest BCUT2D eigenvalue weighted by Crippen LogP contribution is -2.70. The zero-order valence-electron chi connectivity index (χ0n) is 9.87. The van der Waals surface area contributed by atoms with E-state index in [1.807, 2.05) is 5.32 Å². The summed E-state index contributed by atoms with van der Waals surface area (Å²) in [5.74, 6) is -0.951. The number of amides is 3. The normalized spacial score (nSPS) is 41.1. The number of hydrogen-bond donors (Lipinski definition) is 4. The molecule has 18 heavy (non-hydrogen) atoms. The van der Waals surface area contributed by atoms with Gasteiger partial charge in [-0.15, -0.1) is 0 Å². The summed E-state index contributed by atoms with van der Waals surface area (Å²) >= 11 is 0. The van der Waals surface area contributed by atoms with Crippen molar-refractivity contribution in [2.75, 3.05) is 6.61 Å². The molecule has 4 atom stereocenters. The van der Waals surface area contributed by atoms with Crippen LogP contribution in [0.1, 0.15) is 19.8 Å². The maximum absolute atomic E-state index is 11.7. The SMILES string of the molecule is CC1(O)C(=O)NC(=O)N([C@H]2CC[C@@H](CO)O2)C1O. The molecule has 3 amide bonds. The molecule has 102 valence electrons. The van der Waals surface area contributed by atoms with Crippen molar-refractivity contribution in [1.82, 2.24) is 10.2 Å². The van der Waals surface area contributed by atoms with Crippen molar-refractivity contribution in [3.8, 4) is 0 Å². The van der Waals surface area contributed by atoms with Gasteiger partial charge >= 0.3 is 6.03 Å². The molecule has 2 aliphatic heterocycles. The van der Waals surface area contributed by atoms with E-state index in [1.165, 1.54) is 0 Å². The summed E-state index contributed by atoms with van der Waals surface area (Å²) in [7, 11) is 0. The molecule has 0 saturated carbocycles. The lowest BCUT2D eigenvalue weighted by Gasteiger charge is -2.42. The van der Waals surface area contributed by atoms with E-state index in [9.17, 15) is 19.8 Å². The molecular formula is C10H16N2O6. The van der Waals surface area contributed by atoms with Gasteiger partial charge in [-0.25, -0.2) is 4.79 Å². The van der Waals surface area contributed by atoms with Crippen LogP contribution in [0.2, 0.25) is 0 Å². The third kappa shape index (κ3) is 1.97. The van der Waals surface area contributed by atoms with Crippen LogP contribution in [0.25, 0.3) is 0 Å². The molecule has 4 N–H and O–H groups in total. The molecule has 2 rings (SSSR count). The Labute approximate surface area is 103 Å². The number of carbonyl (C=O) groups is 2. The van der Waals surface area contributed by atoms with Crippen molar-refractivity contribution in [2.24, 2.45) is 0 Å². The first-order chi connectivity index (χ1) is 8.37. The Morgan fingerprint density at radius 2 is 2.17 bits per heavy atom. The van der Waals surface area contributed by atoms with Gasteiger partial charge in [0.1, 0.15) is 6.23 Å². The minimum absolute atomic E-state index is 0.183. The average molecular weight is 260 g/mol. The van der Waals surface area contributed by atoms with Crippen LogP contribution in [0.5, 0.6) is 0 Å². The fraction of sp³-hybridized carbons (Fsp3) is 0.800. The van der Waals surface area contributed by atoms with E-state index in [1.54, 1.807) is 0 Å². The molecule has 0 spiro atoms. The molecule has 8 heteroatoms. The molecule has 0 aromatic carbocycles. The fourth-order valence-electron chi connectivity index (χ4n) is 2.10. The number of imide groups is 1. The number of aliphatic hydroxyl groups is 3. The van der Waals surface area contributed by atoms with Gasteiger partial charge in [0.15, 0.2) is 11.8 Å². The first kappa shape index (κ1) is 13.2. The fourth-order valence-corrected chi connectivity index (χ4v) is 2.10. The monoisotopic (exact) mass is 260 g/mol. The van der Waals surface area contributed by atoms with Crippen LogP contribution in [0.4, 0.5) is 4.79 Å². The molecule has 0 aromatic rings. The summed E-state index contributed by atoms with van der Waals surface area (Å²) in [4.78, 5) is 23.9. The lowest BCUT2D eigenvalue weighted by molar-refractivity contribution is -0.193. The Bertz CT molecular complexity index is 371. The van der Waals surface area contributed by atoms with Gasteiger partial charge in [0.25, 0.3) is 5.91 Å². The van der Waals surface area contributed by atoms with E-state index in [0.29, 0.717) is 12.8 Å². The molecule has 2 fully saturated rings. The summed E-state index contributed by atoms with van der Waals surface area (Å²) in [6.07, 6.45) is -1.90. The lowest BCUT2D eigenvalue weighted by atomic mass is 10.00. The van der Waals surface area contributed by atoms with Gasteiger partial charge in [-0.3, -0.25) is 15.0 Å². The summed E-state index contributed by atoms with van der Waals surface area (Å²) < 4.78 is 5.35. The van der Waals surface area contributed by atoms with E-state index in [2.05, 4.69) is 0 Å². The van der Waals surface area contributed by atoms with E-state index in [-0.39, 0.29) is 6.61 Å². The number of nitrogens with zero attached hydrogens (tertiary/aromatic N) is 1. The minimum atomic E-state index is -2.09. The second kappa shape index (κ2) is 4.47. The van der Waals surface area contributed by atoms with Crippen LogP contribution >= 0.6 is 0 Å². The molecule has 0 aromatic heterocycles. The van der Waals surface area contributed by atoms with E-state index in [4.69, 9.17) is 9.84 Å². The van der Waals surface area contributed by atoms with Crippen LogP contribution in [-0.4, -0.2) is 62.9 Å². The number of aliphatic hydroxyl groups excluding tert-OH is 2. The highest BCUT2D eigenvalue weighted by Gasteiger charge is 2.52. The molecule has 0 bridgehead atoms. The van der Waals surface area contributed by atoms with E-state index in [0.717, 1.165) is 11.8 Å². The number of nitrogens with one attached hydrogen (secondary N) is 1. The van der Waals surface area contributed by atoms with Gasteiger partial charge in [0.05, 0.1) is 12.7 Å². The Hall–Kier alpha value is -1.22. The Balaban J connectivity index is 2.17. The topological polar surface area (TPSA) is 119 Å². The van der Waals surface area contributed by atoms with Crippen molar-refractivity contribution in [1.29, 1.82) is 0 Å². The predicted octanol–water partition coefficient (Wildman–Crippen LogP) is -1.90. The quantitative estimate of drug-likeness (QED) is 0.460. The number of urea groups is 1. The third-order valence-electron chi connectivity index (χ3n) is 3.28. The zero-order valence-corrected chi connectivity index (χ0v) is 9.87. The molecule has 0 radical (unpaired) electrons. The average Bonchev–Trinajstić information content (AvgIpc) is 2.76. The molecule has 0 aliphatic carbocycles. The van der Waals surface area contributed by atoms with Crippen molar-refractivity contribution < 1.29 is 29.6 Å². The highest BCUT2D eigenvalue weighted by atomic mass is 16.5. The van der Waals surface area contributed by atoms with Crippen LogP contribution in [0.3, 0.4) is 0 Å². The van der Waals surface area contributed by atoms with Gasteiger partial charge in [0, 0.05) is 0 Å². The van der Waals surface area contributed by atoms with Crippen molar-refractivity contribution in [3.05, 3.63) is 0 Å². The maximum Gasteiger partial charge on any atom is 0.328 e. The Kier molecular flexibility index (Phi) is 3.28. The van der Waals surface area contributed by atoms with Gasteiger partial charge in [-0.2, -0.15) is 0 Å². The summed E-state index contributed by atoms with van der Waals surface area (Å²) in [6, 6.07) is -0.817. The number of ether oxygens (including phenoxy) is 1. The van der Waals surface area contributed by atoms with Crippen LogP contribution in [0.15, 0.2) is 0 Å². The molecule has 8 nitrogen and oxygen atoms in total. The highest BCUT2D eigenvalue weighted by Crippen LogP contribution is 2.29. The van der Waals surface area contributed by atoms with E-state index < -0.39 is 36.1 Å². The maximum atomic E-state index is 11.7.